The molecule has 1 fully saturated rings. The summed E-state index contributed by atoms with van der Waals surface area (Å²) in [5.74, 6) is 1.86. The normalized spacial score (nSPS) is 25.4. The van der Waals surface area contributed by atoms with Crippen molar-refractivity contribution in [3.05, 3.63) is 34.9 Å². The minimum Gasteiger partial charge on any atom is -0.314 e. The van der Waals surface area contributed by atoms with Crippen LogP contribution in [0, 0.1) is 11.8 Å². The summed E-state index contributed by atoms with van der Waals surface area (Å²) in [6.07, 6.45) is 2.49. The standard InChI is InChI=1S/C14H20ClN/c1-10-7-13(10)9-16-11(2)8-12-3-5-14(15)6-4-12/h3-6,10-11,13,16H,7-9H2,1-2H3. The lowest BCUT2D eigenvalue weighted by atomic mass is 10.1. The third kappa shape index (κ3) is 3.50. The van der Waals surface area contributed by atoms with Gasteiger partial charge in [-0.1, -0.05) is 30.7 Å². The van der Waals surface area contributed by atoms with E-state index < -0.39 is 0 Å². The molecule has 0 saturated heterocycles. The Bertz CT molecular complexity index is 333. The quantitative estimate of drug-likeness (QED) is 0.827. The second-order valence-corrected chi connectivity index (χ2v) is 5.55. The van der Waals surface area contributed by atoms with Crippen molar-refractivity contribution in [2.24, 2.45) is 11.8 Å². The molecule has 0 heterocycles. The zero-order valence-electron chi connectivity index (χ0n) is 10.0. The van der Waals surface area contributed by atoms with E-state index >= 15 is 0 Å². The number of nitrogens with one attached hydrogen (secondary N) is 1. The largest absolute Gasteiger partial charge is 0.314 e. The maximum atomic E-state index is 5.86. The van der Waals surface area contributed by atoms with Crippen LogP contribution in [-0.4, -0.2) is 12.6 Å². The van der Waals surface area contributed by atoms with Crippen molar-refractivity contribution < 1.29 is 0 Å². The average molecular weight is 238 g/mol. The van der Waals surface area contributed by atoms with Gasteiger partial charge in [0.25, 0.3) is 0 Å². The van der Waals surface area contributed by atoms with Crippen molar-refractivity contribution in [2.75, 3.05) is 6.54 Å². The van der Waals surface area contributed by atoms with Gasteiger partial charge in [0.15, 0.2) is 0 Å². The number of benzene rings is 1. The Labute approximate surface area is 103 Å². The first kappa shape index (κ1) is 11.9. The Morgan fingerprint density at radius 3 is 2.56 bits per heavy atom. The molecule has 1 aliphatic carbocycles. The fourth-order valence-electron chi connectivity index (χ4n) is 2.08. The van der Waals surface area contributed by atoms with Crippen molar-refractivity contribution in [1.29, 1.82) is 0 Å². The van der Waals surface area contributed by atoms with E-state index in [4.69, 9.17) is 11.6 Å². The van der Waals surface area contributed by atoms with Crippen LogP contribution in [0.1, 0.15) is 25.8 Å². The SMILES string of the molecule is CC(Cc1ccc(Cl)cc1)NCC1CC1C. The first-order chi connectivity index (χ1) is 7.65. The number of halogens is 1. The van der Waals surface area contributed by atoms with Crippen LogP contribution in [-0.2, 0) is 6.42 Å². The third-order valence-electron chi connectivity index (χ3n) is 3.46. The first-order valence-electron chi connectivity index (χ1n) is 6.13. The number of hydrogen-bond donors (Lipinski definition) is 1. The van der Waals surface area contributed by atoms with Crippen LogP contribution in [0.25, 0.3) is 0 Å². The molecule has 1 aliphatic rings. The van der Waals surface area contributed by atoms with Crippen LogP contribution in [0.4, 0.5) is 0 Å². The lowest BCUT2D eigenvalue weighted by molar-refractivity contribution is 0.515. The molecule has 1 aromatic carbocycles. The average Bonchev–Trinajstić information content (AvgIpc) is 2.95. The molecule has 1 aromatic rings. The fourth-order valence-corrected chi connectivity index (χ4v) is 2.21. The Kier molecular flexibility index (Phi) is 3.88. The zero-order chi connectivity index (χ0) is 11.5. The van der Waals surface area contributed by atoms with Gasteiger partial charge in [0.05, 0.1) is 0 Å². The summed E-state index contributed by atoms with van der Waals surface area (Å²) >= 11 is 5.86. The summed E-state index contributed by atoms with van der Waals surface area (Å²) in [5.41, 5.74) is 1.35. The number of rotatable bonds is 5. The maximum absolute atomic E-state index is 5.86. The van der Waals surface area contributed by atoms with E-state index in [1.165, 1.54) is 18.5 Å². The summed E-state index contributed by atoms with van der Waals surface area (Å²) in [5, 5.41) is 4.42. The molecule has 2 heteroatoms. The topological polar surface area (TPSA) is 12.0 Å². The third-order valence-corrected chi connectivity index (χ3v) is 3.71. The molecule has 1 nitrogen and oxygen atoms in total. The molecule has 0 radical (unpaired) electrons. The van der Waals surface area contributed by atoms with E-state index in [1.54, 1.807) is 0 Å². The highest BCUT2D eigenvalue weighted by molar-refractivity contribution is 6.30. The van der Waals surface area contributed by atoms with E-state index in [1.807, 2.05) is 12.1 Å². The predicted octanol–water partition coefficient (Wildman–Crippen LogP) is 3.52. The first-order valence-corrected chi connectivity index (χ1v) is 6.51. The van der Waals surface area contributed by atoms with Crippen molar-refractivity contribution in [1.82, 2.24) is 5.32 Å². The van der Waals surface area contributed by atoms with Gasteiger partial charge in [0, 0.05) is 11.1 Å². The van der Waals surface area contributed by atoms with Crippen LogP contribution in [0.15, 0.2) is 24.3 Å². The molecule has 3 atom stereocenters. The summed E-state index contributed by atoms with van der Waals surface area (Å²) in [6.45, 7) is 5.76. The van der Waals surface area contributed by atoms with Crippen molar-refractivity contribution >= 4 is 11.6 Å². The predicted molar refractivity (Wildman–Crippen MR) is 69.9 cm³/mol. The van der Waals surface area contributed by atoms with Crippen LogP contribution in [0.5, 0.6) is 0 Å². The molecule has 0 amide bonds. The van der Waals surface area contributed by atoms with Crippen molar-refractivity contribution in [2.45, 2.75) is 32.7 Å². The summed E-state index contributed by atoms with van der Waals surface area (Å²) in [6, 6.07) is 8.70. The fraction of sp³-hybridized carbons (Fsp3) is 0.571. The van der Waals surface area contributed by atoms with Gasteiger partial charge in [-0.2, -0.15) is 0 Å². The van der Waals surface area contributed by atoms with Gasteiger partial charge < -0.3 is 5.32 Å². The highest BCUT2D eigenvalue weighted by Gasteiger charge is 2.31. The summed E-state index contributed by atoms with van der Waals surface area (Å²) < 4.78 is 0. The van der Waals surface area contributed by atoms with Gasteiger partial charge in [-0.25, -0.2) is 0 Å². The van der Waals surface area contributed by atoms with Gasteiger partial charge >= 0.3 is 0 Å². The summed E-state index contributed by atoms with van der Waals surface area (Å²) in [7, 11) is 0. The maximum Gasteiger partial charge on any atom is 0.0406 e. The molecule has 1 saturated carbocycles. The zero-order valence-corrected chi connectivity index (χ0v) is 10.8. The molecule has 0 spiro atoms. The van der Waals surface area contributed by atoms with E-state index in [2.05, 4.69) is 31.3 Å². The number of hydrogen-bond acceptors (Lipinski definition) is 1. The van der Waals surface area contributed by atoms with Gasteiger partial charge in [-0.15, -0.1) is 0 Å². The molecule has 16 heavy (non-hydrogen) atoms. The molecule has 3 unspecified atom stereocenters. The highest BCUT2D eigenvalue weighted by Crippen LogP contribution is 2.36. The smallest absolute Gasteiger partial charge is 0.0406 e. The van der Waals surface area contributed by atoms with Crippen LogP contribution in [0.3, 0.4) is 0 Å². The molecular weight excluding hydrogens is 218 g/mol. The lowest BCUT2D eigenvalue weighted by Gasteiger charge is -2.13. The van der Waals surface area contributed by atoms with E-state index in [0.29, 0.717) is 6.04 Å². The Morgan fingerprint density at radius 1 is 1.38 bits per heavy atom. The molecule has 2 rings (SSSR count). The van der Waals surface area contributed by atoms with Crippen LogP contribution < -0.4 is 5.32 Å². The van der Waals surface area contributed by atoms with Crippen LogP contribution in [0.2, 0.25) is 5.02 Å². The monoisotopic (exact) mass is 237 g/mol. The second-order valence-electron chi connectivity index (χ2n) is 5.11. The van der Waals surface area contributed by atoms with Gasteiger partial charge in [0.1, 0.15) is 0 Å². The van der Waals surface area contributed by atoms with Gasteiger partial charge in [-0.05, 0) is 55.8 Å². The van der Waals surface area contributed by atoms with Crippen molar-refractivity contribution in [3.63, 3.8) is 0 Å². The highest BCUT2D eigenvalue weighted by atomic mass is 35.5. The molecule has 88 valence electrons. The molecule has 0 bridgehead atoms. The van der Waals surface area contributed by atoms with Crippen LogP contribution >= 0.6 is 11.6 Å². The Balaban J connectivity index is 1.73. The van der Waals surface area contributed by atoms with E-state index in [0.717, 1.165) is 23.3 Å². The Morgan fingerprint density at radius 2 is 2.00 bits per heavy atom. The van der Waals surface area contributed by atoms with Gasteiger partial charge in [0.2, 0.25) is 0 Å². The second kappa shape index (κ2) is 5.20. The van der Waals surface area contributed by atoms with E-state index in [9.17, 15) is 0 Å². The lowest BCUT2D eigenvalue weighted by Crippen LogP contribution is -2.30. The summed E-state index contributed by atoms with van der Waals surface area (Å²) in [4.78, 5) is 0. The minimum absolute atomic E-state index is 0.550. The molecule has 1 N–H and O–H groups in total. The van der Waals surface area contributed by atoms with Crippen molar-refractivity contribution in [3.8, 4) is 0 Å². The van der Waals surface area contributed by atoms with E-state index in [-0.39, 0.29) is 0 Å². The molecule has 0 aliphatic heterocycles. The molecule has 0 aromatic heterocycles. The molecular formula is C14H20ClN. The minimum atomic E-state index is 0.550. The van der Waals surface area contributed by atoms with Gasteiger partial charge in [-0.3, -0.25) is 0 Å². The Hall–Kier alpha value is -0.530.